The first kappa shape index (κ1) is 31.6. The number of rotatable bonds is 5. The summed E-state index contributed by atoms with van der Waals surface area (Å²) in [6.07, 6.45) is 18.9. The van der Waals surface area contributed by atoms with Crippen molar-refractivity contribution in [1.29, 1.82) is 0 Å². The lowest BCUT2D eigenvalue weighted by Crippen LogP contribution is -2.75. The van der Waals surface area contributed by atoms with Gasteiger partial charge in [-0.2, -0.15) is 0 Å². The van der Waals surface area contributed by atoms with Crippen molar-refractivity contribution in [1.82, 2.24) is 9.80 Å². The zero-order chi connectivity index (χ0) is 34.2. The molecule has 10 bridgehead atoms. The molecule has 13 rings (SSSR count). The number of benzene rings is 1. The van der Waals surface area contributed by atoms with Crippen LogP contribution in [0.15, 0.2) is 65.1 Å². The molecule has 264 valence electrons. The molecule has 2 N–H and O–H groups in total. The van der Waals surface area contributed by atoms with Crippen molar-refractivity contribution < 1.29 is 19.1 Å². The molecule has 1 unspecified atom stereocenters. The number of carbonyl (C=O) groups excluding carboxylic acids is 2. The van der Waals surface area contributed by atoms with Gasteiger partial charge in [-0.1, -0.05) is 62.3 Å². The molecule has 9 heterocycles. The molecule has 50 heavy (non-hydrogen) atoms. The van der Waals surface area contributed by atoms with Crippen LogP contribution in [0.5, 0.6) is 0 Å². The van der Waals surface area contributed by atoms with Gasteiger partial charge in [0.15, 0.2) is 5.60 Å². The fraction of sp³-hybridized carbons (Fsp3) is 0.628. The average molecular weight is 676 g/mol. The number of piperidine rings is 2. The molecule has 1 saturated carbocycles. The van der Waals surface area contributed by atoms with Crippen molar-refractivity contribution in [2.75, 3.05) is 26.2 Å². The highest BCUT2D eigenvalue weighted by molar-refractivity contribution is 5.99. The first-order valence-electron chi connectivity index (χ1n) is 19.9. The van der Waals surface area contributed by atoms with E-state index in [0.29, 0.717) is 47.9 Å². The SMILES string of the molecule is CCC[C@@H]1[C@@]2(OC(=O)c3c(CCCN)cccc32)[C@@]23CCC4=C[C@@]12C(=O)O/C3=C\C[C@@H](C)N1C[C@H]2C[C@@H](C1)[C@@H]1C=CC3=C([C@H]4C[C@@H](C)C3)N1C2. The maximum absolute atomic E-state index is 14.9. The van der Waals surface area contributed by atoms with E-state index in [0.717, 1.165) is 94.3 Å². The van der Waals surface area contributed by atoms with Crippen LogP contribution in [0.1, 0.15) is 100 Å². The van der Waals surface area contributed by atoms with Crippen LogP contribution in [0, 0.1) is 40.4 Å². The number of aryl methyl sites for hydroxylation is 1. The van der Waals surface area contributed by atoms with E-state index in [1.54, 1.807) is 5.70 Å². The molecule has 1 aromatic carbocycles. The van der Waals surface area contributed by atoms with Crippen LogP contribution in [0.2, 0.25) is 0 Å². The Morgan fingerprint density at radius 2 is 1.98 bits per heavy atom. The standard InChI is InChI=1S/C43H53N3O4/c1-4-7-35-41-21-30-15-16-42(41,43(35)33-10-5-8-28(9-6-17-44)37(33)39(47)50-43)36(49-40(41)48)14-11-26(3)45-22-27-20-31(24-45)34-13-12-29-18-25(2)19-32(30)38(29)46(34)23-27/h5,8,10,12-14,21,25-27,31-32,34-35H,4,6-7,9,11,15-20,22-24,44H2,1-3H3/b36-14-/t25-,26+,27+,31-,32-,34-,35-,41-,42+,43+/m0/s1. The number of hydrogen-bond acceptors (Lipinski definition) is 7. The molecule has 7 heteroatoms. The second-order valence-corrected chi connectivity index (χ2v) is 17.6. The van der Waals surface area contributed by atoms with Crippen molar-refractivity contribution in [3.63, 3.8) is 0 Å². The molecule has 2 spiro atoms. The highest BCUT2D eigenvalue weighted by Gasteiger charge is 2.91. The Balaban J connectivity index is 1.21. The lowest BCUT2D eigenvalue weighted by atomic mass is 9.31. The van der Waals surface area contributed by atoms with Gasteiger partial charge in [0.2, 0.25) is 0 Å². The van der Waals surface area contributed by atoms with Gasteiger partial charge in [-0.05, 0) is 106 Å². The average Bonchev–Trinajstić information content (AvgIpc) is 3.55. The normalized spacial score (nSPS) is 44.2. The third-order valence-corrected chi connectivity index (χ3v) is 15.1. The van der Waals surface area contributed by atoms with Crippen molar-refractivity contribution >= 4 is 11.9 Å². The summed E-state index contributed by atoms with van der Waals surface area (Å²) in [6.45, 7) is 10.9. The van der Waals surface area contributed by atoms with E-state index in [1.807, 2.05) is 0 Å². The Hall–Kier alpha value is -3.16. The second kappa shape index (κ2) is 10.9. The highest BCUT2D eigenvalue weighted by Crippen LogP contribution is 2.84. The Labute approximate surface area is 297 Å². The maximum Gasteiger partial charge on any atom is 0.339 e. The molecule has 11 atom stereocenters. The smallest absolute Gasteiger partial charge is 0.339 e. The first-order valence-corrected chi connectivity index (χ1v) is 19.9. The van der Waals surface area contributed by atoms with Gasteiger partial charge in [-0.15, -0.1) is 0 Å². The fourth-order valence-electron chi connectivity index (χ4n) is 13.3. The quantitative estimate of drug-likeness (QED) is 0.272. The maximum atomic E-state index is 14.9. The van der Waals surface area contributed by atoms with E-state index < -0.39 is 16.4 Å². The molecule has 3 saturated heterocycles. The molecule has 12 aliphatic rings. The highest BCUT2D eigenvalue weighted by atomic mass is 16.6. The molecule has 7 nitrogen and oxygen atoms in total. The minimum absolute atomic E-state index is 0.130. The summed E-state index contributed by atoms with van der Waals surface area (Å²) < 4.78 is 13.6. The summed E-state index contributed by atoms with van der Waals surface area (Å²) in [5, 5.41) is 0. The van der Waals surface area contributed by atoms with Crippen LogP contribution in [0.3, 0.4) is 0 Å². The summed E-state index contributed by atoms with van der Waals surface area (Å²) in [4.78, 5) is 34.7. The van der Waals surface area contributed by atoms with E-state index in [2.05, 4.69) is 73.1 Å². The predicted molar refractivity (Wildman–Crippen MR) is 191 cm³/mol. The van der Waals surface area contributed by atoms with Crippen molar-refractivity contribution in [3.8, 4) is 0 Å². The number of hydrogen-bond donors (Lipinski definition) is 1. The number of fused-ring (bicyclic) bond motifs is 2. The lowest BCUT2D eigenvalue weighted by Gasteiger charge is -2.69. The number of nitrogens with two attached hydrogens (primary N) is 1. The third kappa shape index (κ3) is 3.74. The van der Waals surface area contributed by atoms with Crippen molar-refractivity contribution in [2.45, 2.75) is 103 Å². The van der Waals surface area contributed by atoms with Crippen LogP contribution in [0.25, 0.3) is 0 Å². The Morgan fingerprint density at radius 1 is 1.10 bits per heavy atom. The zero-order valence-electron chi connectivity index (χ0n) is 30.1. The van der Waals surface area contributed by atoms with Crippen LogP contribution in [-0.2, 0) is 26.3 Å². The Morgan fingerprint density at radius 3 is 2.82 bits per heavy atom. The van der Waals surface area contributed by atoms with Crippen LogP contribution >= 0.6 is 0 Å². The molecule has 0 aromatic heterocycles. The molecule has 0 amide bonds. The number of nitrogens with zero attached hydrogens (tertiary/aromatic N) is 2. The predicted octanol–water partition coefficient (Wildman–Crippen LogP) is 6.79. The summed E-state index contributed by atoms with van der Waals surface area (Å²) in [5.41, 5.74) is 10.6. The van der Waals surface area contributed by atoms with Gasteiger partial charge < -0.3 is 20.1 Å². The summed E-state index contributed by atoms with van der Waals surface area (Å²) in [5.74, 6) is 2.36. The van der Waals surface area contributed by atoms with E-state index in [-0.39, 0.29) is 17.9 Å². The van der Waals surface area contributed by atoms with E-state index in [4.69, 9.17) is 15.2 Å². The fourth-order valence-corrected chi connectivity index (χ4v) is 13.3. The number of esters is 2. The Bertz CT molecular complexity index is 1810. The molecule has 3 aliphatic carbocycles. The monoisotopic (exact) mass is 675 g/mol. The number of ether oxygens (including phenoxy) is 2. The Kier molecular flexibility index (Phi) is 6.90. The molecule has 4 fully saturated rings. The minimum Gasteiger partial charge on any atom is -0.449 e. The van der Waals surface area contributed by atoms with Gasteiger partial charge in [0, 0.05) is 48.8 Å². The van der Waals surface area contributed by atoms with E-state index >= 15 is 0 Å². The molecule has 9 aliphatic heterocycles. The third-order valence-electron chi connectivity index (χ3n) is 15.1. The van der Waals surface area contributed by atoms with Gasteiger partial charge in [0.1, 0.15) is 11.2 Å². The summed E-state index contributed by atoms with van der Waals surface area (Å²) in [7, 11) is 0. The molecular formula is C43H53N3O4. The summed E-state index contributed by atoms with van der Waals surface area (Å²) in [6, 6.07) is 7.05. The second-order valence-electron chi connectivity index (χ2n) is 17.6. The van der Waals surface area contributed by atoms with Gasteiger partial charge in [0.05, 0.1) is 17.0 Å². The van der Waals surface area contributed by atoms with Gasteiger partial charge in [0.25, 0.3) is 0 Å². The van der Waals surface area contributed by atoms with Crippen LogP contribution in [0.4, 0.5) is 0 Å². The number of carbonyl (C=O) groups is 2. The largest absolute Gasteiger partial charge is 0.449 e. The molecular weight excluding hydrogens is 622 g/mol. The minimum atomic E-state index is -0.935. The van der Waals surface area contributed by atoms with Gasteiger partial charge in [-0.3, -0.25) is 9.69 Å². The molecule has 0 radical (unpaired) electrons. The lowest BCUT2D eigenvalue weighted by molar-refractivity contribution is -0.271. The first-order chi connectivity index (χ1) is 24.3. The van der Waals surface area contributed by atoms with E-state index in [1.165, 1.54) is 17.6 Å². The van der Waals surface area contributed by atoms with E-state index in [9.17, 15) is 9.59 Å². The van der Waals surface area contributed by atoms with Crippen LogP contribution < -0.4 is 5.73 Å². The number of allylic oxidation sites excluding steroid dienone is 3. The topological polar surface area (TPSA) is 85.1 Å². The molecule has 1 aromatic rings. The summed E-state index contributed by atoms with van der Waals surface area (Å²) >= 11 is 0. The van der Waals surface area contributed by atoms with Crippen molar-refractivity contribution in [2.24, 2.45) is 46.2 Å². The van der Waals surface area contributed by atoms with Crippen LogP contribution in [-0.4, -0.2) is 60.0 Å². The van der Waals surface area contributed by atoms with Gasteiger partial charge in [-0.25, -0.2) is 4.79 Å². The van der Waals surface area contributed by atoms with Crippen molar-refractivity contribution in [3.05, 3.63) is 81.8 Å². The van der Waals surface area contributed by atoms with Gasteiger partial charge >= 0.3 is 11.9 Å². The zero-order valence-corrected chi connectivity index (χ0v) is 30.1.